The largest absolute Gasteiger partial charge is 0.381 e. The highest BCUT2D eigenvalue weighted by Crippen LogP contribution is 2.02. The molecule has 0 saturated carbocycles. The molecule has 0 aromatic rings. The zero-order valence-corrected chi connectivity index (χ0v) is 11.5. The van der Waals surface area contributed by atoms with Gasteiger partial charge in [0.15, 0.2) is 0 Å². The Labute approximate surface area is 105 Å². The standard InChI is InChI=1S/C13H28N2O2/c1-4-5-8-17-9-6-7-15-13(16)10-12(14)11(2)3/h11-12H,4-10,14H2,1-3H3,(H,15,16). The first-order valence-corrected chi connectivity index (χ1v) is 6.68. The SMILES string of the molecule is CCCCOCCCNC(=O)CC(N)C(C)C. The van der Waals surface area contributed by atoms with Gasteiger partial charge in [0.05, 0.1) is 0 Å². The molecule has 0 spiro atoms. The van der Waals surface area contributed by atoms with E-state index >= 15 is 0 Å². The van der Waals surface area contributed by atoms with Gasteiger partial charge in [0.1, 0.15) is 0 Å². The van der Waals surface area contributed by atoms with Crippen molar-refractivity contribution in [1.82, 2.24) is 5.32 Å². The monoisotopic (exact) mass is 244 g/mol. The lowest BCUT2D eigenvalue weighted by Gasteiger charge is -2.14. The molecule has 0 aromatic carbocycles. The van der Waals surface area contributed by atoms with Crippen LogP contribution in [-0.2, 0) is 9.53 Å². The molecule has 0 rings (SSSR count). The third-order valence-electron chi connectivity index (χ3n) is 2.71. The molecule has 3 N–H and O–H groups in total. The molecular weight excluding hydrogens is 216 g/mol. The van der Waals surface area contributed by atoms with Crippen LogP contribution in [0.5, 0.6) is 0 Å². The number of ether oxygens (including phenoxy) is 1. The summed E-state index contributed by atoms with van der Waals surface area (Å²) in [6.45, 7) is 8.41. The van der Waals surface area contributed by atoms with Crippen LogP contribution in [0.2, 0.25) is 0 Å². The maximum Gasteiger partial charge on any atom is 0.221 e. The highest BCUT2D eigenvalue weighted by molar-refractivity contribution is 5.76. The van der Waals surface area contributed by atoms with E-state index in [-0.39, 0.29) is 11.9 Å². The number of hydrogen-bond acceptors (Lipinski definition) is 3. The molecule has 102 valence electrons. The Morgan fingerprint density at radius 1 is 1.29 bits per heavy atom. The second-order valence-electron chi connectivity index (χ2n) is 4.78. The summed E-state index contributed by atoms with van der Waals surface area (Å²) < 4.78 is 5.40. The van der Waals surface area contributed by atoms with Crippen molar-refractivity contribution in [2.75, 3.05) is 19.8 Å². The first kappa shape index (κ1) is 16.4. The zero-order chi connectivity index (χ0) is 13.1. The van der Waals surface area contributed by atoms with Crippen LogP contribution >= 0.6 is 0 Å². The summed E-state index contributed by atoms with van der Waals surface area (Å²) in [5.41, 5.74) is 5.82. The summed E-state index contributed by atoms with van der Waals surface area (Å²) in [5, 5.41) is 2.86. The second kappa shape index (κ2) is 10.5. The van der Waals surface area contributed by atoms with E-state index in [2.05, 4.69) is 12.2 Å². The van der Waals surface area contributed by atoms with Crippen molar-refractivity contribution in [2.45, 2.75) is 52.5 Å². The quantitative estimate of drug-likeness (QED) is 0.575. The van der Waals surface area contributed by atoms with Gasteiger partial charge in [0, 0.05) is 32.2 Å². The van der Waals surface area contributed by atoms with Gasteiger partial charge in [-0.2, -0.15) is 0 Å². The molecule has 0 heterocycles. The predicted octanol–water partition coefficient (Wildman–Crippen LogP) is 1.68. The van der Waals surface area contributed by atoms with Crippen LogP contribution in [0.15, 0.2) is 0 Å². The number of unbranched alkanes of at least 4 members (excludes halogenated alkanes) is 1. The first-order chi connectivity index (χ1) is 8.07. The van der Waals surface area contributed by atoms with E-state index in [0.717, 1.165) is 32.5 Å². The predicted molar refractivity (Wildman–Crippen MR) is 70.8 cm³/mol. The maximum atomic E-state index is 11.5. The first-order valence-electron chi connectivity index (χ1n) is 6.68. The molecule has 1 atom stereocenters. The van der Waals surface area contributed by atoms with Crippen molar-refractivity contribution < 1.29 is 9.53 Å². The van der Waals surface area contributed by atoms with Crippen LogP contribution in [0, 0.1) is 5.92 Å². The van der Waals surface area contributed by atoms with E-state index in [1.807, 2.05) is 13.8 Å². The van der Waals surface area contributed by atoms with Crippen molar-refractivity contribution in [2.24, 2.45) is 11.7 Å². The Morgan fingerprint density at radius 2 is 1.94 bits per heavy atom. The molecule has 0 aliphatic rings. The zero-order valence-electron chi connectivity index (χ0n) is 11.5. The Kier molecular flexibility index (Phi) is 10.2. The Hall–Kier alpha value is -0.610. The second-order valence-corrected chi connectivity index (χ2v) is 4.78. The summed E-state index contributed by atoms with van der Waals surface area (Å²) in [6, 6.07) is -0.0456. The van der Waals surface area contributed by atoms with Crippen molar-refractivity contribution in [3.8, 4) is 0 Å². The number of nitrogens with one attached hydrogen (secondary N) is 1. The molecular formula is C13H28N2O2. The van der Waals surface area contributed by atoms with Crippen molar-refractivity contribution in [3.05, 3.63) is 0 Å². The van der Waals surface area contributed by atoms with E-state index in [1.54, 1.807) is 0 Å². The molecule has 4 nitrogen and oxygen atoms in total. The van der Waals surface area contributed by atoms with Crippen LogP contribution in [0.25, 0.3) is 0 Å². The fourth-order valence-electron chi connectivity index (χ4n) is 1.27. The van der Waals surface area contributed by atoms with Crippen LogP contribution in [0.4, 0.5) is 0 Å². The van der Waals surface area contributed by atoms with E-state index in [4.69, 9.17) is 10.5 Å². The fraction of sp³-hybridized carbons (Fsp3) is 0.923. The molecule has 0 bridgehead atoms. The van der Waals surface area contributed by atoms with Gasteiger partial charge in [0.2, 0.25) is 5.91 Å². The lowest BCUT2D eigenvalue weighted by atomic mass is 10.0. The molecule has 4 heteroatoms. The molecule has 0 saturated heterocycles. The summed E-state index contributed by atoms with van der Waals surface area (Å²) in [6.07, 6.45) is 3.54. The van der Waals surface area contributed by atoms with E-state index in [1.165, 1.54) is 0 Å². The van der Waals surface area contributed by atoms with E-state index in [0.29, 0.717) is 18.9 Å². The maximum absolute atomic E-state index is 11.5. The molecule has 17 heavy (non-hydrogen) atoms. The molecule has 1 amide bonds. The molecule has 0 aliphatic carbocycles. The van der Waals surface area contributed by atoms with Gasteiger partial charge in [-0.25, -0.2) is 0 Å². The summed E-state index contributed by atoms with van der Waals surface area (Å²) in [7, 11) is 0. The van der Waals surface area contributed by atoms with Crippen molar-refractivity contribution >= 4 is 5.91 Å². The van der Waals surface area contributed by atoms with Crippen LogP contribution in [0.1, 0.15) is 46.5 Å². The molecule has 1 unspecified atom stereocenters. The third-order valence-corrected chi connectivity index (χ3v) is 2.71. The number of carbonyl (C=O) groups excluding carboxylic acids is 1. The summed E-state index contributed by atoms with van der Waals surface area (Å²) >= 11 is 0. The number of amides is 1. The number of rotatable bonds is 10. The Bertz CT molecular complexity index is 196. The number of nitrogens with two attached hydrogens (primary N) is 1. The van der Waals surface area contributed by atoms with Crippen LogP contribution < -0.4 is 11.1 Å². The van der Waals surface area contributed by atoms with Gasteiger partial charge >= 0.3 is 0 Å². The normalized spacial score (nSPS) is 12.8. The highest BCUT2D eigenvalue weighted by atomic mass is 16.5. The molecule has 0 aliphatic heterocycles. The lowest BCUT2D eigenvalue weighted by molar-refractivity contribution is -0.121. The average Bonchev–Trinajstić information content (AvgIpc) is 2.27. The van der Waals surface area contributed by atoms with Gasteiger partial charge in [-0.15, -0.1) is 0 Å². The Balaban J connectivity index is 3.33. The number of carbonyl (C=O) groups is 1. The van der Waals surface area contributed by atoms with Crippen LogP contribution in [0.3, 0.4) is 0 Å². The molecule has 0 fully saturated rings. The highest BCUT2D eigenvalue weighted by Gasteiger charge is 2.11. The molecule has 0 radical (unpaired) electrons. The van der Waals surface area contributed by atoms with Gasteiger partial charge < -0.3 is 15.8 Å². The smallest absolute Gasteiger partial charge is 0.221 e. The molecule has 0 aromatic heterocycles. The van der Waals surface area contributed by atoms with E-state index in [9.17, 15) is 4.79 Å². The topological polar surface area (TPSA) is 64.3 Å². The van der Waals surface area contributed by atoms with Gasteiger partial charge in [-0.1, -0.05) is 27.2 Å². The Morgan fingerprint density at radius 3 is 2.53 bits per heavy atom. The third kappa shape index (κ3) is 10.3. The minimum atomic E-state index is -0.0456. The van der Waals surface area contributed by atoms with Gasteiger partial charge in [-0.05, 0) is 18.8 Å². The average molecular weight is 244 g/mol. The van der Waals surface area contributed by atoms with Crippen molar-refractivity contribution in [1.29, 1.82) is 0 Å². The lowest BCUT2D eigenvalue weighted by Crippen LogP contribution is -2.35. The summed E-state index contributed by atoms with van der Waals surface area (Å²) in [5.74, 6) is 0.387. The van der Waals surface area contributed by atoms with Crippen molar-refractivity contribution in [3.63, 3.8) is 0 Å². The minimum Gasteiger partial charge on any atom is -0.381 e. The summed E-state index contributed by atoms with van der Waals surface area (Å²) in [4.78, 5) is 11.5. The van der Waals surface area contributed by atoms with Gasteiger partial charge in [0.25, 0.3) is 0 Å². The van der Waals surface area contributed by atoms with Crippen LogP contribution in [-0.4, -0.2) is 31.7 Å². The van der Waals surface area contributed by atoms with Gasteiger partial charge in [-0.3, -0.25) is 4.79 Å². The van der Waals surface area contributed by atoms with E-state index < -0.39 is 0 Å². The minimum absolute atomic E-state index is 0.0414. The number of hydrogen-bond donors (Lipinski definition) is 2. The fourth-order valence-corrected chi connectivity index (χ4v) is 1.27.